The zero-order valence-corrected chi connectivity index (χ0v) is 14.1. The third kappa shape index (κ3) is 2.62. The number of benzene rings is 2. The summed E-state index contributed by atoms with van der Waals surface area (Å²) in [5, 5.41) is 16.0. The van der Waals surface area contributed by atoms with Gasteiger partial charge in [0.1, 0.15) is 0 Å². The molecule has 0 aliphatic carbocycles. The van der Waals surface area contributed by atoms with Gasteiger partial charge in [-0.25, -0.2) is 0 Å². The summed E-state index contributed by atoms with van der Waals surface area (Å²) in [5.41, 5.74) is 1.98. The third-order valence-electron chi connectivity index (χ3n) is 4.95. The maximum atomic E-state index is 13.1. The minimum Gasteiger partial charge on any atom is -0.396 e. The second-order valence-corrected chi connectivity index (χ2v) is 7.12. The van der Waals surface area contributed by atoms with Gasteiger partial charge in [-0.15, -0.1) is 0 Å². The van der Waals surface area contributed by atoms with Crippen molar-refractivity contribution in [1.82, 2.24) is 4.90 Å². The Morgan fingerprint density at radius 2 is 1.96 bits per heavy atom. The number of likely N-dealkylation sites (tertiary alicyclic amines) is 1. The van der Waals surface area contributed by atoms with Gasteiger partial charge < -0.3 is 10.0 Å². The number of carbonyl (C=O) groups is 1. The summed E-state index contributed by atoms with van der Waals surface area (Å²) in [6, 6.07) is 15.9. The molecule has 0 bridgehead atoms. The Balaban J connectivity index is 1.65. The SMILES string of the molecule is O=C(c1cccc2ccccc12)N1CC(CO)C(c2ccsc2)C1. The zero-order chi connectivity index (χ0) is 16.5. The Hall–Kier alpha value is -2.17. The highest BCUT2D eigenvalue weighted by Crippen LogP contribution is 2.34. The average Bonchev–Trinajstić information content (AvgIpc) is 3.29. The molecule has 2 aromatic carbocycles. The molecule has 1 aromatic heterocycles. The number of carbonyl (C=O) groups excluding carboxylic acids is 1. The second kappa shape index (κ2) is 6.38. The van der Waals surface area contributed by atoms with E-state index < -0.39 is 0 Å². The molecule has 0 spiro atoms. The Morgan fingerprint density at radius 3 is 2.75 bits per heavy atom. The number of nitrogens with zero attached hydrogens (tertiary/aromatic N) is 1. The van der Waals surface area contributed by atoms with Crippen molar-refractivity contribution in [3.8, 4) is 0 Å². The molecule has 24 heavy (non-hydrogen) atoms. The molecule has 1 aliphatic heterocycles. The minimum atomic E-state index is 0.0583. The molecular weight excluding hydrogens is 318 g/mol. The molecule has 3 nitrogen and oxygen atoms in total. The molecule has 0 saturated carbocycles. The van der Waals surface area contributed by atoms with E-state index in [2.05, 4.69) is 16.8 Å². The minimum absolute atomic E-state index is 0.0583. The highest BCUT2D eigenvalue weighted by Gasteiger charge is 2.36. The van der Waals surface area contributed by atoms with Crippen LogP contribution in [0.4, 0.5) is 0 Å². The predicted molar refractivity (Wildman–Crippen MR) is 97.5 cm³/mol. The lowest BCUT2D eigenvalue weighted by Crippen LogP contribution is -2.29. The molecule has 1 aliphatic rings. The number of fused-ring (bicyclic) bond motifs is 1. The quantitative estimate of drug-likeness (QED) is 0.791. The number of thiophene rings is 1. The summed E-state index contributed by atoms with van der Waals surface area (Å²) in [6.07, 6.45) is 0. The van der Waals surface area contributed by atoms with E-state index in [-0.39, 0.29) is 24.3 Å². The maximum Gasteiger partial charge on any atom is 0.254 e. The van der Waals surface area contributed by atoms with Gasteiger partial charge in [-0.3, -0.25) is 4.79 Å². The van der Waals surface area contributed by atoms with Crippen LogP contribution in [0.2, 0.25) is 0 Å². The summed E-state index contributed by atoms with van der Waals surface area (Å²) in [4.78, 5) is 15.0. The Bertz CT molecular complexity index is 854. The van der Waals surface area contributed by atoms with Crippen molar-refractivity contribution in [2.45, 2.75) is 5.92 Å². The monoisotopic (exact) mass is 337 g/mol. The molecule has 1 fully saturated rings. The highest BCUT2D eigenvalue weighted by molar-refractivity contribution is 7.08. The lowest BCUT2D eigenvalue weighted by molar-refractivity contribution is 0.0783. The van der Waals surface area contributed by atoms with Gasteiger partial charge in [-0.2, -0.15) is 11.3 Å². The Kier molecular flexibility index (Phi) is 4.08. The van der Waals surface area contributed by atoms with Crippen molar-refractivity contribution < 1.29 is 9.90 Å². The number of aliphatic hydroxyl groups is 1. The van der Waals surface area contributed by atoms with Crippen molar-refractivity contribution in [1.29, 1.82) is 0 Å². The van der Waals surface area contributed by atoms with Crippen molar-refractivity contribution in [2.24, 2.45) is 5.92 Å². The molecule has 2 unspecified atom stereocenters. The van der Waals surface area contributed by atoms with E-state index in [4.69, 9.17) is 0 Å². The van der Waals surface area contributed by atoms with Crippen LogP contribution in [0, 0.1) is 5.92 Å². The van der Waals surface area contributed by atoms with E-state index in [1.165, 1.54) is 5.56 Å². The summed E-state index contributed by atoms with van der Waals surface area (Å²) in [7, 11) is 0. The van der Waals surface area contributed by atoms with Crippen LogP contribution in [0.1, 0.15) is 21.8 Å². The Morgan fingerprint density at radius 1 is 1.12 bits per heavy atom. The van der Waals surface area contributed by atoms with E-state index in [9.17, 15) is 9.90 Å². The molecule has 122 valence electrons. The van der Waals surface area contributed by atoms with Gasteiger partial charge in [-0.1, -0.05) is 36.4 Å². The molecule has 0 radical (unpaired) electrons. The van der Waals surface area contributed by atoms with Crippen LogP contribution in [0.25, 0.3) is 10.8 Å². The van der Waals surface area contributed by atoms with E-state index in [0.717, 1.165) is 16.3 Å². The van der Waals surface area contributed by atoms with E-state index >= 15 is 0 Å². The number of rotatable bonds is 3. The lowest BCUT2D eigenvalue weighted by Gasteiger charge is -2.17. The standard InChI is InChI=1S/C20H19NO2S/c22-12-16-10-21(11-19(16)15-8-9-24-13-15)20(23)18-7-3-5-14-4-1-2-6-17(14)18/h1-9,13,16,19,22H,10-12H2. The molecule has 4 rings (SSSR count). The topological polar surface area (TPSA) is 40.5 Å². The zero-order valence-electron chi connectivity index (χ0n) is 13.3. The third-order valence-corrected chi connectivity index (χ3v) is 5.66. The fourth-order valence-corrected chi connectivity index (χ4v) is 4.39. The van der Waals surface area contributed by atoms with Crippen LogP contribution in [0.5, 0.6) is 0 Å². The first-order chi connectivity index (χ1) is 11.8. The molecule has 3 aromatic rings. The normalized spacial score (nSPS) is 20.6. The lowest BCUT2D eigenvalue weighted by atomic mass is 9.92. The first kappa shape index (κ1) is 15.4. The smallest absolute Gasteiger partial charge is 0.254 e. The van der Waals surface area contributed by atoms with Crippen molar-refractivity contribution >= 4 is 28.0 Å². The molecular formula is C20H19NO2S. The van der Waals surface area contributed by atoms with Gasteiger partial charge in [0.05, 0.1) is 0 Å². The number of aliphatic hydroxyl groups excluding tert-OH is 1. The Labute approximate surface area is 145 Å². The fraction of sp³-hybridized carbons (Fsp3) is 0.250. The van der Waals surface area contributed by atoms with E-state index in [1.807, 2.05) is 47.4 Å². The molecule has 2 atom stereocenters. The van der Waals surface area contributed by atoms with Crippen molar-refractivity contribution in [3.05, 3.63) is 70.4 Å². The first-order valence-electron chi connectivity index (χ1n) is 8.18. The molecule has 2 heterocycles. The van der Waals surface area contributed by atoms with Gasteiger partial charge in [0, 0.05) is 37.1 Å². The molecule has 4 heteroatoms. The molecule has 1 N–H and O–H groups in total. The maximum absolute atomic E-state index is 13.1. The van der Waals surface area contributed by atoms with Crippen molar-refractivity contribution in [3.63, 3.8) is 0 Å². The van der Waals surface area contributed by atoms with Crippen LogP contribution in [0.3, 0.4) is 0 Å². The number of amides is 1. The summed E-state index contributed by atoms with van der Waals surface area (Å²) in [5.74, 6) is 0.390. The molecule has 1 amide bonds. The first-order valence-corrected chi connectivity index (χ1v) is 9.12. The summed E-state index contributed by atoms with van der Waals surface area (Å²) < 4.78 is 0. The van der Waals surface area contributed by atoms with E-state index in [1.54, 1.807) is 11.3 Å². The van der Waals surface area contributed by atoms with Crippen LogP contribution in [-0.2, 0) is 0 Å². The van der Waals surface area contributed by atoms with E-state index in [0.29, 0.717) is 13.1 Å². The fourth-order valence-electron chi connectivity index (χ4n) is 3.67. The summed E-state index contributed by atoms with van der Waals surface area (Å²) >= 11 is 1.66. The average molecular weight is 337 g/mol. The van der Waals surface area contributed by atoms with Gasteiger partial charge in [0.25, 0.3) is 5.91 Å². The molecule has 1 saturated heterocycles. The number of hydrogen-bond donors (Lipinski definition) is 1. The largest absolute Gasteiger partial charge is 0.396 e. The van der Waals surface area contributed by atoms with Gasteiger partial charge in [-0.05, 0) is 39.2 Å². The highest BCUT2D eigenvalue weighted by atomic mass is 32.1. The van der Waals surface area contributed by atoms with Crippen LogP contribution >= 0.6 is 11.3 Å². The van der Waals surface area contributed by atoms with Gasteiger partial charge >= 0.3 is 0 Å². The van der Waals surface area contributed by atoms with Crippen LogP contribution < -0.4 is 0 Å². The van der Waals surface area contributed by atoms with Crippen molar-refractivity contribution in [2.75, 3.05) is 19.7 Å². The van der Waals surface area contributed by atoms with Gasteiger partial charge in [0.2, 0.25) is 0 Å². The van der Waals surface area contributed by atoms with Gasteiger partial charge in [0.15, 0.2) is 0 Å². The second-order valence-electron chi connectivity index (χ2n) is 6.34. The summed E-state index contributed by atoms with van der Waals surface area (Å²) in [6.45, 7) is 1.39. The number of hydrogen-bond acceptors (Lipinski definition) is 3. The predicted octanol–water partition coefficient (Wildman–Crippen LogP) is 3.75. The van der Waals surface area contributed by atoms with Crippen LogP contribution in [-0.4, -0.2) is 35.6 Å². The van der Waals surface area contributed by atoms with Crippen LogP contribution in [0.15, 0.2) is 59.3 Å².